The molecule has 1 unspecified atom stereocenters. The van der Waals surface area contributed by atoms with Crippen LogP contribution in [-0.2, 0) is 9.53 Å². The molecule has 2 heterocycles. The largest absolute Gasteiger partial charge is 0.492 e. The quantitative estimate of drug-likeness (QED) is 0.660. The van der Waals surface area contributed by atoms with E-state index in [1.54, 1.807) is 6.07 Å². The molecule has 0 aliphatic carbocycles. The summed E-state index contributed by atoms with van der Waals surface area (Å²) in [6.45, 7) is 0.169. The number of para-hydroxylation sites is 1. The summed E-state index contributed by atoms with van der Waals surface area (Å²) < 4.78 is 11.3. The lowest BCUT2D eigenvalue weighted by Gasteiger charge is -2.41. The summed E-state index contributed by atoms with van der Waals surface area (Å²) in [5.41, 5.74) is 1.38. The van der Waals surface area contributed by atoms with Crippen molar-refractivity contribution in [2.45, 2.75) is 18.0 Å². The minimum absolute atomic E-state index is 0.0176. The van der Waals surface area contributed by atoms with E-state index in [2.05, 4.69) is 5.32 Å². The molecular weight excluding hydrogens is 390 g/mol. The van der Waals surface area contributed by atoms with E-state index in [9.17, 15) is 9.59 Å². The number of Topliss-reactive ketones (excluding diaryl/α,β-unsaturated/α-hetero) is 1. The molecule has 2 aliphatic heterocycles. The molecule has 4 atom stereocenters. The molecule has 5 rings (SSSR count). The first-order valence-corrected chi connectivity index (χ1v) is 10.4. The third-order valence-electron chi connectivity index (χ3n) is 6.52. The summed E-state index contributed by atoms with van der Waals surface area (Å²) in [4.78, 5) is 27.1. The molecule has 0 bridgehead atoms. The van der Waals surface area contributed by atoms with Gasteiger partial charge in [0.05, 0.1) is 18.1 Å². The number of ketones is 1. The lowest BCUT2D eigenvalue weighted by Crippen LogP contribution is -2.48. The Hall–Kier alpha value is -3.44. The highest BCUT2D eigenvalue weighted by atomic mass is 16.5. The van der Waals surface area contributed by atoms with E-state index in [-0.39, 0.29) is 12.4 Å². The second-order valence-electron chi connectivity index (χ2n) is 8.05. The predicted octanol–water partition coefficient (Wildman–Crippen LogP) is 3.92. The fraction of sp³-hybridized carbons (Fsp3) is 0.231. The van der Waals surface area contributed by atoms with Crippen LogP contribution in [0.4, 0.5) is 0 Å². The van der Waals surface area contributed by atoms with Crippen molar-refractivity contribution < 1.29 is 19.1 Å². The van der Waals surface area contributed by atoms with Crippen LogP contribution in [0.25, 0.3) is 0 Å². The first-order valence-electron chi connectivity index (χ1n) is 10.4. The maximum Gasteiger partial charge on any atom is 0.323 e. The summed E-state index contributed by atoms with van der Waals surface area (Å²) in [7, 11) is 1.38. The standard InChI is InChI=1S/C26H23NO4/c1-30-25(29)22-21(17-10-4-2-5-11-17)26(23(27-22)18-12-6-3-7-13-18)16-31-20-15-9-8-14-19(20)24(26)28/h2-15,21-23,27H,16H2,1H3/t21?,22-,23-,26-/m1/s1. The van der Waals surface area contributed by atoms with E-state index < -0.39 is 29.4 Å². The highest BCUT2D eigenvalue weighted by Crippen LogP contribution is 2.57. The van der Waals surface area contributed by atoms with Crippen LogP contribution >= 0.6 is 0 Å². The number of nitrogens with one attached hydrogen (secondary N) is 1. The Labute approximate surface area is 181 Å². The monoisotopic (exact) mass is 413 g/mol. The van der Waals surface area contributed by atoms with Crippen molar-refractivity contribution in [3.63, 3.8) is 0 Å². The molecule has 156 valence electrons. The molecule has 3 aromatic carbocycles. The number of hydrogen-bond acceptors (Lipinski definition) is 5. The lowest BCUT2D eigenvalue weighted by atomic mass is 9.62. The first-order chi connectivity index (χ1) is 15.2. The Morgan fingerprint density at radius 3 is 2.23 bits per heavy atom. The molecule has 5 nitrogen and oxygen atoms in total. The Kier molecular flexibility index (Phi) is 4.83. The molecule has 1 N–H and O–H groups in total. The van der Waals surface area contributed by atoms with Crippen molar-refractivity contribution in [3.05, 3.63) is 102 Å². The zero-order valence-electron chi connectivity index (χ0n) is 17.2. The Morgan fingerprint density at radius 2 is 1.55 bits per heavy atom. The van der Waals surface area contributed by atoms with E-state index in [0.29, 0.717) is 11.3 Å². The van der Waals surface area contributed by atoms with Gasteiger partial charge in [0.25, 0.3) is 0 Å². The van der Waals surface area contributed by atoms with Gasteiger partial charge in [0.1, 0.15) is 18.4 Å². The van der Waals surface area contributed by atoms with E-state index in [4.69, 9.17) is 9.47 Å². The van der Waals surface area contributed by atoms with E-state index >= 15 is 0 Å². The van der Waals surface area contributed by atoms with Gasteiger partial charge in [-0.1, -0.05) is 72.8 Å². The average molecular weight is 413 g/mol. The van der Waals surface area contributed by atoms with Gasteiger partial charge in [0.15, 0.2) is 5.78 Å². The van der Waals surface area contributed by atoms with E-state index in [1.807, 2.05) is 78.9 Å². The smallest absolute Gasteiger partial charge is 0.323 e. The number of hydrogen-bond donors (Lipinski definition) is 1. The maximum absolute atomic E-state index is 14.2. The number of methoxy groups -OCH3 is 1. The summed E-state index contributed by atoms with van der Waals surface area (Å²) in [5, 5.41) is 3.45. The maximum atomic E-state index is 14.2. The van der Waals surface area contributed by atoms with Crippen LogP contribution in [0.1, 0.15) is 33.4 Å². The van der Waals surface area contributed by atoms with Crippen LogP contribution in [0, 0.1) is 5.41 Å². The number of rotatable bonds is 3. The fourth-order valence-corrected chi connectivity index (χ4v) is 5.16. The molecule has 0 amide bonds. The van der Waals surface area contributed by atoms with Gasteiger partial charge >= 0.3 is 5.97 Å². The van der Waals surface area contributed by atoms with Crippen molar-refractivity contribution in [1.82, 2.24) is 5.32 Å². The van der Waals surface area contributed by atoms with Gasteiger partial charge in [-0.3, -0.25) is 14.9 Å². The molecular formula is C26H23NO4. The molecule has 1 spiro atoms. The van der Waals surface area contributed by atoms with Gasteiger partial charge in [-0.25, -0.2) is 0 Å². The van der Waals surface area contributed by atoms with Crippen molar-refractivity contribution in [1.29, 1.82) is 0 Å². The van der Waals surface area contributed by atoms with Crippen LogP contribution < -0.4 is 10.1 Å². The molecule has 0 saturated carbocycles. The molecule has 0 radical (unpaired) electrons. The Balaban J connectivity index is 1.75. The molecule has 0 aromatic heterocycles. The Bertz CT molecular complexity index is 1110. The fourth-order valence-electron chi connectivity index (χ4n) is 5.16. The SMILES string of the molecule is COC(=O)[C@@H]1N[C@H](c2ccccc2)[C@@]2(COc3ccccc3C2=O)C1c1ccccc1. The third kappa shape index (κ3) is 2.96. The Morgan fingerprint density at radius 1 is 0.935 bits per heavy atom. The lowest BCUT2D eigenvalue weighted by molar-refractivity contribution is -0.143. The number of esters is 1. The van der Waals surface area contributed by atoms with E-state index in [0.717, 1.165) is 11.1 Å². The van der Waals surface area contributed by atoms with Crippen LogP contribution in [0.15, 0.2) is 84.9 Å². The van der Waals surface area contributed by atoms with Gasteiger partial charge < -0.3 is 9.47 Å². The third-order valence-corrected chi connectivity index (χ3v) is 6.52. The summed E-state index contributed by atoms with van der Waals surface area (Å²) in [5.74, 6) is -0.278. The molecule has 5 heteroatoms. The van der Waals surface area contributed by atoms with Gasteiger partial charge in [-0.05, 0) is 23.3 Å². The van der Waals surface area contributed by atoms with Crippen molar-refractivity contribution >= 4 is 11.8 Å². The van der Waals surface area contributed by atoms with Crippen molar-refractivity contribution in [3.8, 4) is 5.75 Å². The highest BCUT2D eigenvalue weighted by molar-refractivity contribution is 6.06. The normalized spacial score (nSPS) is 26.9. The minimum Gasteiger partial charge on any atom is -0.492 e. The second-order valence-corrected chi connectivity index (χ2v) is 8.05. The van der Waals surface area contributed by atoms with Gasteiger partial charge in [-0.15, -0.1) is 0 Å². The van der Waals surface area contributed by atoms with Crippen LogP contribution in [0.5, 0.6) is 5.75 Å². The molecule has 31 heavy (non-hydrogen) atoms. The van der Waals surface area contributed by atoms with Gasteiger partial charge in [0, 0.05) is 12.0 Å². The zero-order chi connectivity index (χ0) is 21.4. The zero-order valence-corrected chi connectivity index (χ0v) is 17.2. The summed E-state index contributed by atoms with van der Waals surface area (Å²) in [6.07, 6.45) is 0. The first kappa shape index (κ1) is 19.5. The number of carbonyl (C=O) groups is 2. The van der Waals surface area contributed by atoms with Crippen LogP contribution in [-0.4, -0.2) is 31.5 Å². The van der Waals surface area contributed by atoms with E-state index in [1.165, 1.54) is 7.11 Å². The molecule has 1 saturated heterocycles. The van der Waals surface area contributed by atoms with Crippen molar-refractivity contribution in [2.24, 2.45) is 5.41 Å². The predicted molar refractivity (Wildman–Crippen MR) is 116 cm³/mol. The number of ether oxygens (including phenoxy) is 2. The summed E-state index contributed by atoms with van der Waals surface area (Å²) >= 11 is 0. The molecule has 2 aliphatic rings. The number of benzene rings is 3. The van der Waals surface area contributed by atoms with Crippen LogP contribution in [0.3, 0.4) is 0 Å². The highest BCUT2D eigenvalue weighted by Gasteiger charge is 2.64. The number of fused-ring (bicyclic) bond motifs is 1. The topological polar surface area (TPSA) is 64.6 Å². The van der Waals surface area contributed by atoms with Gasteiger partial charge in [0.2, 0.25) is 0 Å². The molecule has 1 fully saturated rings. The summed E-state index contributed by atoms with van der Waals surface area (Å²) in [6, 6.07) is 25.7. The van der Waals surface area contributed by atoms with Crippen LogP contribution in [0.2, 0.25) is 0 Å². The van der Waals surface area contributed by atoms with Gasteiger partial charge in [-0.2, -0.15) is 0 Å². The van der Waals surface area contributed by atoms with Crippen molar-refractivity contribution in [2.75, 3.05) is 13.7 Å². The number of carbonyl (C=O) groups excluding carboxylic acids is 2. The second kappa shape index (κ2) is 7.67. The average Bonchev–Trinajstić information content (AvgIpc) is 3.18. The minimum atomic E-state index is -1.00. The molecule has 3 aromatic rings.